The van der Waals surface area contributed by atoms with Crippen molar-refractivity contribution in [2.24, 2.45) is 5.84 Å². The molecule has 0 amide bonds. The van der Waals surface area contributed by atoms with Crippen LogP contribution in [0.1, 0.15) is 16.5 Å². The van der Waals surface area contributed by atoms with Crippen LogP contribution in [0.15, 0.2) is 28.2 Å². The summed E-state index contributed by atoms with van der Waals surface area (Å²) in [5.74, 6) is 6.47. The number of nitrogens with one attached hydrogen (secondary N) is 1. The van der Waals surface area contributed by atoms with Crippen LogP contribution in [0.2, 0.25) is 0 Å². The summed E-state index contributed by atoms with van der Waals surface area (Å²) >= 11 is 1.67. The number of hydrogen-bond acceptors (Lipinski definition) is 5. The Balaban J connectivity index is 1.95. The molecule has 2 aromatic rings. The van der Waals surface area contributed by atoms with Crippen LogP contribution in [0.5, 0.6) is 0 Å². The van der Waals surface area contributed by atoms with E-state index in [1.165, 1.54) is 0 Å². The number of thiazole rings is 1. The van der Waals surface area contributed by atoms with Gasteiger partial charge in [-0.25, -0.2) is 4.98 Å². The predicted octanol–water partition coefficient (Wildman–Crippen LogP) is 1.66. The first-order chi connectivity index (χ1) is 7.78. The van der Waals surface area contributed by atoms with Crippen LogP contribution >= 0.6 is 11.3 Å². The van der Waals surface area contributed by atoms with Crippen LogP contribution < -0.4 is 11.3 Å². The van der Waals surface area contributed by atoms with Crippen LogP contribution in [0, 0.1) is 6.92 Å². The number of hydrazine groups is 1. The van der Waals surface area contributed by atoms with Crippen molar-refractivity contribution in [3.05, 3.63) is 40.2 Å². The third kappa shape index (κ3) is 2.91. The molecule has 0 fully saturated rings. The molecule has 0 radical (unpaired) electrons. The molecular formula is C11H15N3OS. The molecule has 0 saturated carbocycles. The lowest BCUT2D eigenvalue weighted by atomic mass is 10.1. The first-order valence-corrected chi connectivity index (χ1v) is 6.05. The standard InChI is InChI=1S/C11H15N3OS/c1-8-7-16-11(13-8)6-9(14-12)5-10-3-2-4-15-10/h2-4,7,9,14H,5-6,12H2,1H3. The summed E-state index contributed by atoms with van der Waals surface area (Å²) in [6, 6.07) is 4.00. The van der Waals surface area contributed by atoms with E-state index in [0.29, 0.717) is 0 Å². The minimum atomic E-state index is 0.164. The smallest absolute Gasteiger partial charge is 0.105 e. The second-order valence-corrected chi connectivity index (χ2v) is 4.68. The Morgan fingerprint density at radius 1 is 1.56 bits per heavy atom. The second-order valence-electron chi connectivity index (χ2n) is 3.73. The number of furan rings is 1. The summed E-state index contributed by atoms with van der Waals surface area (Å²) < 4.78 is 5.30. The van der Waals surface area contributed by atoms with Gasteiger partial charge in [-0.2, -0.15) is 0 Å². The molecule has 5 heteroatoms. The number of aromatic nitrogens is 1. The van der Waals surface area contributed by atoms with Crippen LogP contribution in [0.25, 0.3) is 0 Å². The molecule has 0 aromatic carbocycles. The molecule has 1 atom stereocenters. The van der Waals surface area contributed by atoms with Crippen molar-refractivity contribution in [2.75, 3.05) is 0 Å². The first kappa shape index (κ1) is 11.3. The van der Waals surface area contributed by atoms with Crippen LogP contribution in [-0.2, 0) is 12.8 Å². The van der Waals surface area contributed by atoms with Gasteiger partial charge in [0, 0.05) is 30.0 Å². The van der Waals surface area contributed by atoms with Gasteiger partial charge in [0.15, 0.2) is 0 Å². The predicted molar refractivity (Wildman–Crippen MR) is 64.1 cm³/mol. The molecule has 2 rings (SSSR count). The first-order valence-electron chi connectivity index (χ1n) is 5.17. The molecule has 2 heterocycles. The zero-order valence-corrected chi connectivity index (χ0v) is 9.96. The highest BCUT2D eigenvalue weighted by Crippen LogP contribution is 2.13. The highest BCUT2D eigenvalue weighted by Gasteiger charge is 2.12. The molecule has 86 valence electrons. The summed E-state index contributed by atoms with van der Waals surface area (Å²) in [4.78, 5) is 4.42. The third-order valence-electron chi connectivity index (χ3n) is 2.35. The molecule has 0 aliphatic carbocycles. The fourth-order valence-electron chi connectivity index (χ4n) is 1.57. The average Bonchev–Trinajstić information content (AvgIpc) is 2.89. The Kier molecular flexibility index (Phi) is 3.71. The second kappa shape index (κ2) is 5.25. The minimum Gasteiger partial charge on any atom is -0.469 e. The topological polar surface area (TPSA) is 64.1 Å². The maximum absolute atomic E-state index is 5.53. The van der Waals surface area contributed by atoms with E-state index < -0.39 is 0 Å². The summed E-state index contributed by atoms with van der Waals surface area (Å²) in [7, 11) is 0. The zero-order valence-electron chi connectivity index (χ0n) is 9.14. The van der Waals surface area contributed by atoms with Crippen molar-refractivity contribution in [3.63, 3.8) is 0 Å². The molecule has 0 aliphatic heterocycles. The Bertz CT molecular complexity index is 424. The maximum Gasteiger partial charge on any atom is 0.105 e. The van der Waals surface area contributed by atoms with Gasteiger partial charge in [-0.05, 0) is 19.1 Å². The highest BCUT2D eigenvalue weighted by molar-refractivity contribution is 7.09. The molecule has 4 nitrogen and oxygen atoms in total. The molecule has 0 aliphatic rings. The van der Waals surface area contributed by atoms with Gasteiger partial charge >= 0.3 is 0 Å². The molecule has 2 aromatic heterocycles. The monoisotopic (exact) mass is 237 g/mol. The van der Waals surface area contributed by atoms with Crippen molar-refractivity contribution in [3.8, 4) is 0 Å². The van der Waals surface area contributed by atoms with E-state index in [1.807, 2.05) is 19.1 Å². The van der Waals surface area contributed by atoms with E-state index in [9.17, 15) is 0 Å². The molecule has 0 spiro atoms. The molecule has 0 saturated heterocycles. The van der Waals surface area contributed by atoms with Gasteiger partial charge in [-0.1, -0.05) is 0 Å². The van der Waals surface area contributed by atoms with E-state index in [-0.39, 0.29) is 6.04 Å². The van der Waals surface area contributed by atoms with Crippen LogP contribution in [-0.4, -0.2) is 11.0 Å². The fraction of sp³-hybridized carbons (Fsp3) is 0.364. The van der Waals surface area contributed by atoms with Gasteiger partial charge in [-0.15, -0.1) is 11.3 Å². The van der Waals surface area contributed by atoms with E-state index in [4.69, 9.17) is 10.3 Å². The van der Waals surface area contributed by atoms with Gasteiger partial charge in [0.2, 0.25) is 0 Å². The maximum atomic E-state index is 5.53. The number of nitrogens with zero attached hydrogens (tertiary/aromatic N) is 1. The molecule has 3 N–H and O–H groups in total. The minimum absolute atomic E-state index is 0.164. The SMILES string of the molecule is Cc1csc(CC(Cc2ccco2)NN)n1. The Morgan fingerprint density at radius 2 is 2.44 bits per heavy atom. The van der Waals surface area contributed by atoms with Crippen molar-refractivity contribution in [2.45, 2.75) is 25.8 Å². The van der Waals surface area contributed by atoms with Crippen molar-refractivity contribution in [1.82, 2.24) is 10.4 Å². The van der Waals surface area contributed by atoms with E-state index in [2.05, 4.69) is 15.8 Å². The molecule has 16 heavy (non-hydrogen) atoms. The normalized spacial score (nSPS) is 12.9. The quantitative estimate of drug-likeness (QED) is 0.613. The van der Waals surface area contributed by atoms with Gasteiger partial charge in [-0.3, -0.25) is 11.3 Å². The lowest BCUT2D eigenvalue weighted by Crippen LogP contribution is -2.38. The van der Waals surface area contributed by atoms with Gasteiger partial charge in [0.05, 0.1) is 11.3 Å². The highest BCUT2D eigenvalue weighted by atomic mass is 32.1. The summed E-state index contributed by atoms with van der Waals surface area (Å²) in [5, 5.41) is 3.16. The third-order valence-corrected chi connectivity index (χ3v) is 3.34. The number of nitrogens with two attached hydrogens (primary N) is 1. The lowest BCUT2D eigenvalue weighted by molar-refractivity contribution is 0.444. The number of rotatable bonds is 5. The van der Waals surface area contributed by atoms with E-state index in [1.54, 1.807) is 17.6 Å². The summed E-state index contributed by atoms with van der Waals surface area (Å²) in [6.45, 7) is 2.00. The lowest BCUT2D eigenvalue weighted by Gasteiger charge is -2.12. The van der Waals surface area contributed by atoms with Gasteiger partial charge in [0.25, 0.3) is 0 Å². The van der Waals surface area contributed by atoms with E-state index >= 15 is 0 Å². The summed E-state index contributed by atoms with van der Waals surface area (Å²) in [6.07, 6.45) is 3.29. The molecular weight excluding hydrogens is 222 g/mol. The largest absolute Gasteiger partial charge is 0.469 e. The van der Waals surface area contributed by atoms with Crippen LogP contribution in [0.4, 0.5) is 0 Å². The Morgan fingerprint density at radius 3 is 3.00 bits per heavy atom. The molecule has 0 bridgehead atoms. The molecule has 1 unspecified atom stereocenters. The van der Waals surface area contributed by atoms with Crippen LogP contribution in [0.3, 0.4) is 0 Å². The number of hydrogen-bond donors (Lipinski definition) is 2. The summed E-state index contributed by atoms with van der Waals surface area (Å²) in [5.41, 5.74) is 3.87. The Hall–Kier alpha value is -1.17. The van der Waals surface area contributed by atoms with Gasteiger partial charge in [0.1, 0.15) is 5.76 Å². The Labute approximate surface area is 98.5 Å². The number of aryl methyl sites for hydroxylation is 1. The van der Waals surface area contributed by atoms with E-state index in [0.717, 1.165) is 29.3 Å². The van der Waals surface area contributed by atoms with Gasteiger partial charge < -0.3 is 4.42 Å². The zero-order chi connectivity index (χ0) is 11.4. The van der Waals surface area contributed by atoms with Crippen molar-refractivity contribution in [1.29, 1.82) is 0 Å². The average molecular weight is 237 g/mol. The van der Waals surface area contributed by atoms with Crippen molar-refractivity contribution < 1.29 is 4.42 Å². The fourth-order valence-corrected chi connectivity index (χ4v) is 2.42. The van der Waals surface area contributed by atoms with Crippen molar-refractivity contribution >= 4 is 11.3 Å².